The Labute approximate surface area is 244 Å². The molecule has 218 valence electrons. The summed E-state index contributed by atoms with van der Waals surface area (Å²) in [5.41, 5.74) is 4.31. The van der Waals surface area contributed by atoms with E-state index in [9.17, 15) is 24.3 Å². The van der Waals surface area contributed by atoms with Crippen LogP contribution in [0, 0.1) is 5.41 Å². The molecule has 0 spiro atoms. The Balaban J connectivity index is 1.30. The number of esters is 1. The smallest absolute Gasteiger partial charge is 0.407 e. The van der Waals surface area contributed by atoms with Crippen LogP contribution in [0.1, 0.15) is 49.3 Å². The molecule has 42 heavy (non-hydrogen) atoms. The van der Waals surface area contributed by atoms with Gasteiger partial charge in [0.15, 0.2) is 0 Å². The minimum Gasteiger partial charge on any atom is -0.480 e. The van der Waals surface area contributed by atoms with Crippen molar-refractivity contribution >= 4 is 23.9 Å². The van der Waals surface area contributed by atoms with E-state index in [2.05, 4.69) is 5.32 Å². The van der Waals surface area contributed by atoms with E-state index in [4.69, 9.17) is 9.47 Å². The zero-order chi connectivity index (χ0) is 29.9. The van der Waals surface area contributed by atoms with E-state index in [0.717, 1.165) is 27.8 Å². The number of rotatable bonds is 9. The van der Waals surface area contributed by atoms with Crippen molar-refractivity contribution in [3.05, 3.63) is 95.6 Å². The predicted molar refractivity (Wildman–Crippen MR) is 154 cm³/mol. The second-order valence-corrected chi connectivity index (χ2v) is 11.4. The van der Waals surface area contributed by atoms with Gasteiger partial charge in [-0.3, -0.25) is 9.59 Å². The third-order valence-corrected chi connectivity index (χ3v) is 8.11. The SMILES string of the molecule is CC1(C)CCN(C(=O)[C@H](CC(=O)OCc2ccccc2)NC(=O)OCC2c3ccccc3-c3ccccc32)C1C(=O)O. The first-order valence-electron chi connectivity index (χ1n) is 14.0. The lowest BCUT2D eigenvalue weighted by molar-refractivity contribution is -0.153. The molecule has 1 aliphatic carbocycles. The number of carboxylic acid groups (broad SMARTS) is 1. The first-order valence-corrected chi connectivity index (χ1v) is 14.0. The van der Waals surface area contributed by atoms with Crippen LogP contribution in [0.2, 0.25) is 0 Å². The molecule has 1 saturated heterocycles. The number of aliphatic carboxylic acids is 1. The molecule has 0 bridgehead atoms. The lowest BCUT2D eigenvalue weighted by atomic mass is 9.85. The molecule has 1 fully saturated rings. The summed E-state index contributed by atoms with van der Waals surface area (Å²) in [4.78, 5) is 52.9. The number of nitrogens with zero attached hydrogens (tertiary/aromatic N) is 1. The highest BCUT2D eigenvalue weighted by Crippen LogP contribution is 2.44. The van der Waals surface area contributed by atoms with Gasteiger partial charge in [0.25, 0.3) is 0 Å². The zero-order valence-electron chi connectivity index (χ0n) is 23.6. The summed E-state index contributed by atoms with van der Waals surface area (Å²) in [7, 11) is 0. The number of hydrogen-bond donors (Lipinski definition) is 2. The molecule has 1 unspecified atom stereocenters. The standard InChI is InChI=1S/C33H34N2O7/c1-33(2)16-17-35(29(33)31(38)39)30(37)27(18-28(36)41-19-21-10-4-3-5-11-21)34-32(40)42-20-26-24-14-8-6-12-22(24)23-13-7-9-15-25(23)26/h3-15,26-27,29H,16-20H2,1-2H3,(H,34,40)(H,38,39)/t27-,29?/m0/s1. The van der Waals surface area contributed by atoms with E-state index < -0.39 is 47.9 Å². The average Bonchev–Trinajstić information content (AvgIpc) is 3.48. The Morgan fingerprint density at radius 3 is 2.12 bits per heavy atom. The number of likely N-dealkylation sites (tertiary alicyclic amines) is 1. The van der Waals surface area contributed by atoms with Gasteiger partial charge in [-0.2, -0.15) is 0 Å². The highest BCUT2D eigenvalue weighted by molar-refractivity contribution is 5.93. The lowest BCUT2D eigenvalue weighted by Crippen LogP contribution is -2.54. The summed E-state index contributed by atoms with van der Waals surface area (Å²) in [6, 6.07) is 22.5. The fraction of sp³-hybridized carbons (Fsp3) is 0.333. The molecule has 9 heteroatoms. The van der Waals surface area contributed by atoms with Crippen molar-refractivity contribution in [3.63, 3.8) is 0 Å². The van der Waals surface area contributed by atoms with Crippen LogP contribution >= 0.6 is 0 Å². The number of ether oxygens (including phenoxy) is 2. The number of amides is 2. The lowest BCUT2D eigenvalue weighted by Gasteiger charge is -2.31. The number of alkyl carbamates (subject to hydrolysis) is 1. The quantitative estimate of drug-likeness (QED) is 0.357. The van der Waals surface area contributed by atoms with Gasteiger partial charge in [-0.05, 0) is 39.7 Å². The van der Waals surface area contributed by atoms with Gasteiger partial charge >= 0.3 is 18.0 Å². The highest BCUT2D eigenvalue weighted by atomic mass is 16.5. The third-order valence-electron chi connectivity index (χ3n) is 8.11. The van der Waals surface area contributed by atoms with Gasteiger partial charge < -0.3 is 24.8 Å². The molecule has 3 aromatic rings. The summed E-state index contributed by atoms with van der Waals surface area (Å²) in [6.07, 6.45) is -0.887. The molecular weight excluding hydrogens is 536 g/mol. The van der Waals surface area contributed by atoms with Crippen molar-refractivity contribution in [1.29, 1.82) is 0 Å². The van der Waals surface area contributed by atoms with E-state index in [1.807, 2.05) is 66.7 Å². The van der Waals surface area contributed by atoms with E-state index in [1.165, 1.54) is 4.90 Å². The van der Waals surface area contributed by atoms with E-state index in [-0.39, 0.29) is 25.7 Å². The number of benzene rings is 3. The van der Waals surface area contributed by atoms with Crippen LogP contribution in [0.15, 0.2) is 78.9 Å². The van der Waals surface area contributed by atoms with Gasteiger partial charge in [0.1, 0.15) is 25.3 Å². The fourth-order valence-electron chi connectivity index (χ4n) is 5.95. The molecule has 2 aliphatic rings. The summed E-state index contributed by atoms with van der Waals surface area (Å²) < 4.78 is 11.0. The molecule has 2 amide bonds. The zero-order valence-corrected chi connectivity index (χ0v) is 23.6. The summed E-state index contributed by atoms with van der Waals surface area (Å²) in [5, 5.41) is 12.4. The summed E-state index contributed by atoms with van der Waals surface area (Å²) >= 11 is 0. The predicted octanol–water partition coefficient (Wildman–Crippen LogP) is 4.74. The number of hydrogen-bond acceptors (Lipinski definition) is 6. The minimum absolute atomic E-state index is 0.0000243. The van der Waals surface area contributed by atoms with Crippen LogP contribution in [-0.4, -0.2) is 59.2 Å². The number of fused-ring (bicyclic) bond motifs is 3. The van der Waals surface area contributed by atoms with Crippen molar-refractivity contribution in [1.82, 2.24) is 10.2 Å². The van der Waals surface area contributed by atoms with Crippen molar-refractivity contribution in [2.24, 2.45) is 5.41 Å². The number of carbonyl (C=O) groups excluding carboxylic acids is 3. The molecule has 2 atom stereocenters. The van der Waals surface area contributed by atoms with Crippen LogP contribution in [0.25, 0.3) is 11.1 Å². The Morgan fingerprint density at radius 1 is 0.905 bits per heavy atom. The van der Waals surface area contributed by atoms with Gasteiger partial charge in [-0.1, -0.05) is 92.7 Å². The first-order chi connectivity index (χ1) is 20.2. The average molecular weight is 571 g/mol. The summed E-state index contributed by atoms with van der Waals surface area (Å²) in [6.45, 7) is 3.76. The van der Waals surface area contributed by atoms with Crippen LogP contribution in [-0.2, 0) is 30.5 Å². The van der Waals surface area contributed by atoms with Crippen molar-refractivity contribution in [3.8, 4) is 11.1 Å². The summed E-state index contributed by atoms with van der Waals surface area (Å²) in [5.74, 6) is -2.71. The highest BCUT2D eigenvalue weighted by Gasteiger charge is 2.49. The maximum Gasteiger partial charge on any atom is 0.407 e. The van der Waals surface area contributed by atoms with E-state index in [1.54, 1.807) is 26.0 Å². The monoisotopic (exact) mass is 570 g/mol. The third kappa shape index (κ3) is 6.00. The maximum atomic E-state index is 13.7. The van der Waals surface area contributed by atoms with Crippen LogP contribution in [0.4, 0.5) is 4.79 Å². The van der Waals surface area contributed by atoms with Crippen molar-refractivity contribution in [2.75, 3.05) is 13.2 Å². The van der Waals surface area contributed by atoms with E-state index >= 15 is 0 Å². The molecular formula is C33H34N2O7. The van der Waals surface area contributed by atoms with Gasteiger partial charge in [-0.15, -0.1) is 0 Å². The molecule has 2 N–H and O–H groups in total. The number of carboxylic acids is 1. The Kier molecular flexibility index (Phi) is 8.29. The normalized spacial score (nSPS) is 17.6. The van der Waals surface area contributed by atoms with Crippen LogP contribution < -0.4 is 5.32 Å². The largest absolute Gasteiger partial charge is 0.480 e. The van der Waals surface area contributed by atoms with E-state index in [0.29, 0.717) is 6.42 Å². The molecule has 1 heterocycles. The van der Waals surface area contributed by atoms with Crippen LogP contribution in [0.3, 0.4) is 0 Å². The van der Waals surface area contributed by atoms with Gasteiger partial charge in [0.05, 0.1) is 6.42 Å². The molecule has 1 aliphatic heterocycles. The van der Waals surface area contributed by atoms with Crippen LogP contribution in [0.5, 0.6) is 0 Å². The first kappa shape index (κ1) is 28.9. The van der Waals surface area contributed by atoms with Gasteiger partial charge in [-0.25, -0.2) is 9.59 Å². The van der Waals surface area contributed by atoms with Crippen molar-refractivity contribution < 1.29 is 33.8 Å². The topological polar surface area (TPSA) is 122 Å². The Bertz CT molecular complexity index is 1440. The minimum atomic E-state index is -1.36. The van der Waals surface area contributed by atoms with Crippen molar-refractivity contribution in [2.45, 2.75) is 51.3 Å². The second kappa shape index (κ2) is 12.1. The maximum absolute atomic E-state index is 13.7. The number of nitrogens with one attached hydrogen (secondary N) is 1. The molecule has 3 aromatic carbocycles. The number of carbonyl (C=O) groups is 4. The van der Waals surface area contributed by atoms with Gasteiger partial charge in [0, 0.05) is 12.5 Å². The van der Waals surface area contributed by atoms with Gasteiger partial charge in [0.2, 0.25) is 5.91 Å². The molecule has 0 saturated carbocycles. The fourth-order valence-corrected chi connectivity index (χ4v) is 5.95. The molecule has 0 radical (unpaired) electrons. The Hall–Kier alpha value is -4.66. The second-order valence-electron chi connectivity index (χ2n) is 11.4. The molecule has 0 aromatic heterocycles. The molecule has 5 rings (SSSR count). The Morgan fingerprint density at radius 2 is 1.50 bits per heavy atom. The molecule has 9 nitrogen and oxygen atoms in total.